The van der Waals surface area contributed by atoms with E-state index in [1.165, 1.54) is 16.7 Å². The van der Waals surface area contributed by atoms with Crippen LogP contribution in [0.25, 0.3) is 0 Å². The van der Waals surface area contributed by atoms with Crippen LogP contribution in [0.3, 0.4) is 0 Å². The number of H-pyrrole nitrogens is 1. The molecule has 3 heterocycles. The summed E-state index contributed by atoms with van der Waals surface area (Å²) >= 11 is -0.861. The molecule has 3 N–H and O–H groups in total. The number of anilines is 2. The third-order valence-corrected chi connectivity index (χ3v) is 9.05. The molecule has 13 heteroatoms. The number of furan rings is 1. The van der Waals surface area contributed by atoms with Crippen molar-refractivity contribution in [3.8, 4) is 5.75 Å². The molecule has 0 bridgehead atoms. The number of aromatic nitrogens is 2. The van der Waals surface area contributed by atoms with Crippen LogP contribution in [0.4, 0.5) is 11.5 Å². The van der Waals surface area contributed by atoms with E-state index in [9.17, 15) is 18.1 Å². The molecule has 31 heavy (non-hydrogen) atoms. The standard InChI is InChI=1S/C18H25N5O5S3/c1-10-7-12(28-11(10)2)8-19-15-16(22-30(25)21-15)20-13-9-29-17(14(13)24)31(26,27)23(6)18(3,4)5/h7,9,24H,8H2,1-6H3,(H,19,21)(H,20,22). The number of sulfonamides is 1. The molecular weight excluding hydrogens is 462 g/mol. The molecule has 3 aromatic heterocycles. The number of thiophene rings is 1. The summed E-state index contributed by atoms with van der Waals surface area (Å²) in [7, 11) is -2.45. The number of hydrogen-bond acceptors (Lipinski definition) is 9. The second-order valence-corrected chi connectivity index (χ2v) is 11.9. The first-order chi connectivity index (χ1) is 14.3. The Bertz CT molecular complexity index is 1240. The van der Waals surface area contributed by atoms with Gasteiger partial charge in [0.25, 0.3) is 10.0 Å². The number of aryl methyl sites for hydroxylation is 2. The van der Waals surface area contributed by atoms with Crippen molar-refractivity contribution in [1.29, 1.82) is 0 Å². The predicted octanol–water partition coefficient (Wildman–Crippen LogP) is 3.38. The minimum Gasteiger partial charge on any atom is -0.548 e. The summed E-state index contributed by atoms with van der Waals surface area (Å²) in [4.78, 5) is 4.34. The highest BCUT2D eigenvalue weighted by Gasteiger charge is 2.34. The first-order valence-electron chi connectivity index (χ1n) is 9.25. The Labute approximate surface area is 187 Å². The molecule has 3 rings (SSSR count). The molecule has 0 amide bonds. The van der Waals surface area contributed by atoms with E-state index in [-0.39, 0.29) is 27.7 Å². The quantitative estimate of drug-likeness (QED) is 0.452. The van der Waals surface area contributed by atoms with Gasteiger partial charge >= 0.3 is 0 Å². The molecule has 1 unspecified atom stereocenters. The Morgan fingerprint density at radius 1 is 1.42 bits per heavy atom. The number of aromatic amines is 1. The Morgan fingerprint density at radius 3 is 2.68 bits per heavy atom. The Balaban J connectivity index is 1.90. The number of hydrogen-bond donors (Lipinski definition) is 3. The van der Waals surface area contributed by atoms with Crippen LogP contribution in [0.5, 0.6) is 5.75 Å². The fraction of sp³-hybridized carbons (Fsp3) is 0.444. The van der Waals surface area contributed by atoms with E-state index in [1.54, 1.807) is 20.8 Å². The molecular formula is C18H25N5O5S3. The molecule has 0 aliphatic heterocycles. The van der Waals surface area contributed by atoms with Crippen LogP contribution in [-0.2, 0) is 16.6 Å². The highest BCUT2D eigenvalue weighted by molar-refractivity contribution is 7.91. The molecule has 0 saturated carbocycles. The van der Waals surface area contributed by atoms with E-state index in [0.29, 0.717) is 5.76 Å². The van der Waals surface area contributed by atoms with Crippen molar-refractivity contribution in [3.63, 3.8) is 0 Å². The van der Waals surface area contributed by atoms with E-state index in [4.69, 9.17) is 4.42 Å². The van der Waals surface area contributed by atoms with Crippen LogP contribution in [0.2, 0.25) is 0 Å². The van der Waals surface area contributed by atoms with E-state index >= 15 is 0 Å². The van der Waals surface area contributed by atoms with Gasteiger partial charge in [-0.05, 0) is 46.2 Å². The number of rotatable bonds is 6. The fourth-order valence-corrected chi connectivity index (χ4v) is 6.15. The predicted molar refractivity (Wildman–Crippen MR) is 119 cm³/mol. The number of aromatic hydroxyl groups is 1. The third kappa shape index (κ3) is 4.85. The lowest BCUT2D eigenvalue weighted by Crippen LogP contribution is -2.42. The van der Waals surface area contributed by atoms with E-state index in [0.717, 1.165) is 22.7 Å². The van der Waals surface area contributed by atoms with E-state index < -0.39 is 32.5 Å². The summed E-state index contributed by atoms with van der Waals surface area (Å²) < 4.78 is 50.8. The van der Waals surface area contributed by atoms with Crippen molar-refractivity contribution in [3.05, 3.63) is 34.0 Å². The normalized spacial score (nSPS) is 13.9. The van der Waals surface area contributed by atoms with Crippen molar-refractivity contribution in [1.82, 2.24) is 13.1 Å². The van der Waals surface area contributed by atoms with Gasteiger partial charge < -0.3 is 19.4 Å². The van der Waals surface area contributed by atoms with E-state index in [2.05, 4.69) is 19.1 Å². The molecule has 3 aromatic rings. The van der Waals surface area contributed by atoms with Crippen molar-refractivity contribution >= 4 is 44.0 Å². The molecule has 10 nitrogen and oxygen atoms in total. The zero-order valence-electron chi connectivity index (χ0n) is 18.0. The maximum Gasteiger partial charge on any atom is 0.256 e. The molecule has 0 saturated heterocycles. The minimum atomic E-state index is -3.91. The largest absolute Gasteiger partial charge is 0.548 e. The summed E-state index contributed by atoms with van der Waals surface area (Å²) in [6, 6.07) is 1.86. The van der Waals surface area contributed by atoms with Gasteiger partial charge in [0.15, 0.2) is 21.1 Å². The minimum absolute atomic E-state index is 0.125. The average Bonchev–Trinajstić information content (AvgIpc) is 3.30. The van der Waals surface area contributed by atoms with Gasteiger partial charge in [0.1, 0.15) is 11.5 Å². The monoisotopic (exact) mass is 487 g/mol. The summed E-state index contributed by atoms with van der Waals surface area (Å²) in [5.74, 6) is 1.12. The lowest BCUT2D eigenvalue weighted by molar-refractivity contribution is 0.291. The van der Waals surface area contributed by atoms with Gasteiger partial charge in [-0.3, -0.25) is 4.99 Å². The second-order valence-electron chi connectivity index (χ2n) is 7.96. The van der Waals surface area contributed by atoms with E-state index in [1.807, 2.05) is 19.9 Å². The topological polar surface area (TPSA) is 147 Å². The molecule has 0 radical (unpaired) electrons. The molecule has 170 valence electrons. The van der Waals surface area contributed by atoms with Gasteiger partial charge in [-0.2, -0.15) is 4.31 Å². The SMILES string of the molecule is Cc1cc(CN=c2[nH][s+]([O-])nc2Nc2csc(S(=O)(=O)N(C)C(C)(C)C)c2O)oc1C. The van der Waals surface area contributed by atoms with Crippen molar-refractivity contribution in [2.24, 2.45) is 4.99 Å². The number of nitrogens with zero attached hydrogens (tertiary/aromatic N) is 3. The highest BCUT2D eigenvalue weighted by Crippen LogP contribution is 2.41. The van der Waals surface area contributed by atoms with Gasteiger partial charge in [0.2, 0.25) is 11.3 Å². The van der Waals surface area contributed by atoms with Crippen molar-refractivity contribution in [2.75, 3.05) is 12.4 Å². The smallest absolute Gasteiger partial charge is 0.256 e. The molecule has 0 aromatic carbocycles. The molecule has 0 spiro atoms. The maximum atomic E-state index is 12.9. The molecule has 0 aliphatic rings. The zero-order valence-corrected chi connectivity index (χ0v) is 20.5. The van der Waals surface area contributed by atoms with Crippen molar-refractivity contribution in [2.45, 2.75) is 50.9 Å². The van der Waals surface area contributed by atoms with Gasteiger partial charge in [0, 0.05) is 22.3 Å². The van der Waals surface area contributed by atoms with Crippen LogP contribution in [-0.4, -0.2) is 43.7 Å². The van der Waals surface area contributed by atoms with Crippen LogP contribution in [0.1, 0.15) is 37.9 Å². The van der Waals surface area contributed by atoms with Crippen LogP contribution in [0.15, 0.2) is 25.1 Å². The van der Waals surface area contributed by atoms with Crippen LogP contribution < -0.4 is 10.8 Å². The summed E-state index contributed by atoms with van der Waals surface area (Å²) in [6.45, 7) is 9.24. The van der Waals surface area contributed by atoms with Crippen molar-refractivity contribution < 1.29 is 22.5 Å². The average molecular weight is 488 g/mol. The first kappa shape index (κ1) is 23.5. The van der Waals surface area contributed by atoms with Gasteiger partial charge in [0.05, 0.1) is 12.2 Å². The fourth-order valence-electron chi connectivity index (χ4n) is 2.57. The first-order valence-corrected chi connectivity index (χ1v) is 12.7. The lowest BCUT2D eigenvalue weighted by atomic mass is 10.1. The Hall–Kier alpha value is -2.19. The molecule has 0 aliphatic carbocycles. The Morgan fingerprint density at radius 2 is 2.10 bits per heavy atom. The summed E-state index contributed by atoms with van der Waals surface area (Å²) in [6.07, 6.45) is 0. The molecule has 0 fully saturated rings. The summed E-state index contributed by atoms with van der Waals surface area (Å²) in [5.41, 5.74) is 0.679. The summed E-state index contributed by atoms with van der Waals surface area (Å²) in [5, 5.41) is 14.8. The highest BCUT2D eigenvalue weighted by atomic mass is 32.2. The van der Waals surface area contributed by atoms with Crippen LogP contribution >= 0.6 is 22.5 Å². The zero-order chi connectivity index (χ0) is 23.1. The van der Waals surface area contributed by atoms with Crippen LogP contribution in [0, 0.1) is 13.8 Å². The Kier molecular flexibility index (Phi) is 6.35. The van der Waals surface area contributed by atoms with Gasteiger partial charge in [-0.15, -0.1) is 15.7 Å². The number of nitrogens with one attached hydrogen (secondary N) is 2. The third-order valence-electron chi connectivity index (χ3n) is 4.72. The maximum absolute atomic E-state index is 12.9. The second kappa shape index (κ2) is 8.39. The lowest BCUT2D eigenvalue weighted by Gasteiger charge is -2.30. The van der Waals surface area contributed by atoms with Gasteiger partial charge in [-0.1, -0.05) is 0 Å². The van der Waals surface area contributed by atoms with Gasteiger partial charge in [-0.25, -0.2) is 8.42 Å². The molecule has 1 atom stereocenters.